The highest BCUT2D eigenvalue weighted by Gasteiger charge is 2.25. The van der Waals surface area contributed by atoms with E-state index >= 15 is 0 Å². The molecule has 2 heterocycles. The highest BCUT2D eigenvalue weighted by atomic mass is 32.2. The second kappa shape index (κ2) is 5.88. The Morgan fingerprint density at radius 3 is 2.89 bits per heavy atom. The summed E-state index contributed by atoms with van der Waals surface area (Å²) < 4.78 is 0. The molecule has 1 aliphatic rings. The average Bonchev–Trinajstić information content (AvgIpc) is 2.38. The quantitative estimate of drug-likeness (QED) is 0.914. The van der Waals surface area contributed by atoms with E-state index < -0.39 is 5.97 Å². The summed E-state index contributed by atoms with van der Waals surface area (Å²) in [6.45, 7) is 4.92. The number of nitrogens with zero attached hydrogens (tertiary/aromatic N) is 3. The maximum absolute atomic E-state index is 11.2. The van der Waals surface area contributed by atoms with Gasteiger partial charge in [-0.3, -0.25) is 4.90 Å². The van der Waals surface area contributed by atoms with Gasteiger partial charge >= 0.3 is 5.97 Å². The second-order valence-corrected chi connectivity index (χ2v) is 6.21. The number of rotatable bonds is 3. The molecule has 104 valence electrons. The Morgan fingerprint density at radius 2 is 2.32 bits per heavy atom. The van der Waals surface area contributed by atoms with Crippen LogP contribution in [0.1, 0.15) is 47.7 Å². The van der Waals surface area contributed by atoms with Crippen LogP contribution < -0.4 is 0 Å². The van der Waals surface area contributed by atoms with Gasteiger partial charge < -0.3 is 5.11 Å². The van der Waals surface area contributed by atoms with Crippen molar-refractivity contribution in [2.24, 2.45) is 0 Å². The Hall–Kier alpha value is -1.14. The van der Waals surface area contributed by atoms with Crippen LogP contribution in [-0.2, 0) is 0 Å². The fourth-order valence-electron chi connectivity index (χ4n) is 2.13. The molecule has 0 aliphatic carbocycles. The monoisotopic (exact) mass is 281 g/mol. The van der Waals surface area contributed by atoms with Crippen LogP contribution in [-0.4, -0.2) is 51.0 Å². The smallest absolute Gasteiger partial charge is 0.339 e. The Labute approximate surface area is 117 Å². The molecule has 2 rings (SSSR count). The third-order valence-electron chi connectivity index (χ3n) is 3.31. The van der Waals surface area contributed by atoms with Gasteiger partial charge in [0.1, 0.15) is 5.82 Å². The fraction of sp³-hybridized carbons (Fsp3) is 0.615. The summed E-state index contributed by atoms with van der Waals surface area (Å²) in [5.41, 5.74) is 0.839. The van der Waals surface area contributed by atoms with Gasteiger partial charge in [-0.1, -0.05) is 13.8 Å². The van der Waals surface area contributed by atoms with Crippen LogP contribution >= 0.6 is 11.8 Å². The van der Waals surface area contributed by atoms with Crippen molar-refractivity contribution >= 4 is 17.7 Å². The number of thioether (sulfide) groups is 1. The van der Waals surface area contributed by atoms with Crippen molar-refractivity contribution < 1.29 is 9.90 Å². The fourth-order valence-corrected chi connectivity index (χ4v) is 3.34. The van der Waals surface area contributed by atoms with Crippen LogP contribution in [0.3, 0.4) is 0 Å². The van der Waals surface area contributed by atoms with E-state index in [1.165, 1.54) is 6.20 Å². The van der Waals surface area contributed by atoms with E-state index in [0.717, 1.165) is 23.9 Å². The van der Waals surface area contributed by atoms with Gasteiger partial charge in [0, 0.05) is 24.2 Å². The molecule has 5 nitrogen and oxygen atoms in total. The summed E-state index contributed by atoms with van der Waals surface area (Å²) in [4.78, 5) is 22.2. The summed E-state index contributed by atoms with van der Waals surface area (Å²) >= 11 is 1.89. The largest absolute Gasteiger partial charge is 0.478 e. The second-order valence-electron chi connectivity index (χ2n) is 5.06. The maximum atomic E-state index is 11.2. The number of hydrogen-bond donors (Lipinski definition) is 1. The Balaban J connectivity index is 2.37. The molecule has 0 saturated carbocycles. The normalized spacial score (nSPS) is 20.7. The Kier molecular flexibility index (Phi) is 4.42. The lowest BCUT2D eigenvalue weighted by Crippen LogP contribution is -2.34. The van der Waals surface area contributed by atoms with Gasteiger partial charge in [0.05, 0.1) is 17.3 Å². The van der Waals surface area contributed by atoms with E-state index in [1.54, 1.807) is 0 Å². The topological polar surface area (TPSA) is 66.3 Å². The summed E-state index contributed by atoms with van der Waals surface area (Å²) in [7, 11) is 2.06. The zero-order valence-corrected chi connectivity index (χ0v) is 12.3. The Morgan fingerprint density at radius 1 is 1.58 bits per heavy atom. The van der Waals surface area contributed by atoms with Crippen LogP contribution in [0.15, 0.2) is 6.20 Å². The van der Waals surface area contributed by atoms with E-state index in [2.05, 4.69) is 21.9 Å². The molecule has 6 heteroatoms. The van der Waals surface area contributed by atoms with E-state index in [0.29, 0.717) is 5.69 Å². The molecule has 1 unspecified atom stereocenters. The van der Waals surface area contributed by atoms with Crippen LogP contribution in [0, 0.1) is 0 Å². The average molecular weight is 281 g/mol. The highest BCUT2D eigenvalue weighted by molar-refractivity contribution is 7.99. The van der Waals surface area contributed by atoms with Gasteiger partial charge in [0.15, 0.2) is 0 Å². The van der Waals surface area contributed by atoms with Crippen LogP contribution in [0.2, 0.25) is 0 Å². The summed E-state index contributed by atoms with van der Waals surface area (Å²) in [5.74, 6) is 1.94. The SMILES string of the molecule is CC(C)c1nc(C2CSCCN2C)ncc1C(=O)O. The molecular formula is C13H19N3O2S. The van der Waals surface area contributed by atoms with Gasteiger partial charge in [-0.05, 0) is 13.0 Å². The minimum Gasteiger partial charge on any atom is -0.478 e. The van der Waals surface area contributed by atoms with Gasteiger partial charge in [0.25, 0.3) is 0 Å². The molecule has 1 aromatic heterocycles. The van der Waals surface area contributed by atoms with Crippen molar-refractivity contribution in [3.8, 4) is 0 Å². The number of carboxylic acid groups (broad SMARTS) is 1. The molecule has 0 radical (unpaired) electrons. The molecule has 1 aliphatic heterocycles. The van der Waals surface area contributed by atoms with Crippen molar-refractivity contribution in [1.29, 1.82) is 0 Å². The maximum Gasteiger partial charge on any atom is 0.339 e. The van der Waals surface area contributed by atoms with Gasteiger partial charge in [0.2, 0.25) is 0 Å². The van der Waals surface area contributed by atoms with Crippen molar-refractivity contribution in [2.75, 3.05) is 25.1 Å². The van der Waals surface area contributed by atoms with E-state index in [9.17, 15) is 9.90 Å². The zero-order chi connectivity index (χ0) is 14.0. The molecule has 0 spiro atoms. The molecule has 1 atom stereocenters. The van der Waals surface area contributed by atoms with Gasteiger partial charge in [-0.15, -0.1) is 0 Å². The Bertz CT molecular complexity index is 479. The van der Waals surface area contributed by atoms with E-state index in [-0.39, 0.29) is 17.5 Å². The van der Waals surface area contributed by atoms with Crippen molar-refractivity contribution in [1.82, 2.24) is 14.9 Å². The first-order valence-electron chi connectivity index (χ1n) is 6.38. The standard InChI is InChI=1S/C13H19N3O2S/c1-8(2)11-9(13(17)18)6-14-12(15-11)10-7-19-5-4-16(10)3/h6,8,10H,4-5,7H2,1-3H3,(H,17,18). The predicted octanol–water partition coefficient (Wildman–Crippen LogP) is 2.02. The van der Waals surface area contributed by atoms with Crippen molar-refractivity contribution in [2.45, 2.75) is 25.8 Å². The first-order chi connectivity index (χ1) is 9.00. The highest BCUT2D eigenvalue weighted by Crippen LogP contribution is 2.27. The number of hydrogen-bond acceptors (Lipinski definition) is 5. The molecule has 1 N–H and O–H groups in total. The molecule has 1 saturated heterocycles. The lowest BCUT2D eigenvalue weighted by Gasteiger charge is -2.31. The number of aromatic nitrogens is 2. The minimum absolute atomic E-state index is 0.0781. The van der Waals surface area contributed by atoms with Crippen LogP contribution in [0.4, 0.5) is 0 Å². The van der Waals surface area contributed by atoms with Crippen molar-refractivity contribution in [3.63, 3.8) is 0 Å². The molecule has 0 aromatic carbocycles. The predicted molar refractivity (Wildman–Crippen MR) is 75.8 cm³/mol. The van der Waals surface area contributed by atoms with Gasteiger partial charge in [-0.25, -0.2) is 14.8 Å². The number of aromatic carboxylic acids is 1. The lowest BCUT2D eigenvalue weighted by atomic mass is 10.0. The summed E-state index contributed by atoms with van der Waals surface area (Å²) in [6.07, 6.45) is 1.45. The minimum atomic E-state index is -0.957. The third kappa shape index (κ3) is 3.06. The molecule has 0 bridgehead atoms. The van der Waals surface area contributed by atoms with E-state index in [4.69, 9.17) is 0 Å². The van der Waals surface area contributed by atoms with Crippen molar-refractivity contribution in [3.05, 3.63) is 23.3 Å². The number of carbonyl (C=O) groups is 1. The van der Waals surface area contributed by atoms with Crippen LogP contribution in [0.25, 0.3) is 0 Å². The summed E-state index contributed by atoms with van der Waals surface area (Å²) in [6, 6.07) is 0.180. The third-order valence-corrected chi connectivity index (χ3v) is 4.33. The zero-order valence-electron chi connectivity index (χ0n) is 11.5. The molecule has 0 amide bonds. The summed E-state index contributed by atoms with van der Waals surface area (Å²) in [5, 5.41) is 9.17. The molecule has 1 fully saturated rings. The molecule has 19 heavy (non-hydrogen) atoms. The molecule has 1 aromatic rings. The first-order valence-corrected chi connectivity index (χ1v) is 7.54. The van der Waals surface area contributed by atoms with Gasteiger partial charge in [-0.2, -0.15) is 11.8 Å². The lowest BCUT2D eigenvalue weighted by molar-refractivity contribution is 0.0694. The van der Waals surface area contributed by atoms with E-state index in [1.807, 2.05) is 25.6 Å². The first kappa shape index (κ1) is 14.3. The molecular weight excluding hydrogens is 262 g/mol. The van der Waals surface area contributed by atoms with Crippen LogP contribution in [0.5, 0.6) is 0 Å². The number of carboxylic acids is 1.